The normalized spacial score (nSPS) is 19.3. The van der Waals surface area contributed by atoms with E-state index in [0.717, 1.165) is 33.8 Å². The number of nitrogens with one attached hydrogen (secondary N) is 1. The predicted molar refractivity (Wildman–Crippen MR) is 130 cm³/mol. The van der Waals surface area contributed by atoms with Crippen LogP contribution in [0.1, 0.15) is 28.2 Å². The van der Waals surface area contributed by atoms with Crippen molar-refractivity contribution in [1.82, 2.24) is 5.32 Å². The molecule has 0 spiro atoms. The Hall–Kier alpha value is -3.15. The highest BCUT2D eigenvalue weighted by atomic mass is 32.2. The van der Waals surface area contributed by atoms with E-state index in [9.17, 15) is 4.79 Å². The number of allylic oxidation sites excluding steroid dienone is 2. The molecule has 1 N–H and O–H groups in total. The van der Waals surface area contributed by atoms with Crippen LogP contribution in [-0.2, 0) is 4.79 Å². The third kappa shape index (κ3) is 3.82. The lowest BCUT2D eigenvalue weighted by Crippen LogP contribution is -2.19. The molecule has 5 rings (SSSR count). The van der Waals surface area contributed by atoms with Crippen LogP contribution in [0.25, 0.3) is 5.76 Å². The van der Waals surface area contributed by atoms with Gasteiger partial charge in [0, 0.05) is 22.6 Å². The summed E-state index contributed by atoms with van der Waals surface area (Å²) in [5.41, 5.74) is 5.33. The second kappa shape index (κ2) is 8.17. The first kappa shape index (κ1) is 19.8. The topological polar surface area (TPSA) is 38.3 Å². The molecule has 0 radical (unpaired) electrons. The summed E-state index contributed by atoms with van der Waals surface area (Å²) in [5.74, 6) is 1.34. The number of carbonyl (C=O) groups is 1. The van der Waals surface area contributed by atoms with Crippen molar-refractivity contribution in [3.05, 3.63) is 118 Å². The lowest BCUT2D eigenvalue weighted by molar-refractivity contribution is -0.115. The summed E-state index contributed by atoms with van der Waals surface area (Å²) in [4.78, 5) is 13.1. The average Bonchev–Trinajstić information content (AvgIpc) is 3.11. The van der Waals surface area contributed by atoms with E-state index in [-0.39, 0.29) is 11.8 Å². The number of thiocarbonyl (C=S) groups is 1. The molecule has 0 saturated carbocycles. The zero-order valence-electron chi connectivity index (χ0n) is 16.8. The minimum atomic E-state index is -0.170. The number of carbonyl (C=O) groups excluding carboxylic acids is 1. The summed E-state index contributed by atoms with van der Waals surface area (Å²) in [7, 11) is 0. The maximum Gasteiger partial charge on any atom is 0.263 e. The number of rotatable bonds is 3. The molecule has 1 saturated heterocycles. The third-order valence-electron chi connectivity index (χ3n) is 5.39. The van der Waals surface area contributed by atoms with E-state index in [4.69, 9.17) is 17.0 Å². The molecular formula is C26H19NO2S2. The maximum absolute atomic E-state index is 12.5. The number of hydrogen-bond donors (Lipinski definition) is 1. The van der Waals surface area contributed by atoms with Crippen molar-refractivity contribution in [3.8, 4) is 5.75 Å². The van der Waals surface area contributed by atoms with Crippen LogP contribution in [0.5, 0.6) is 5.75 Å². The second-order valence-electron chi connectivity index (χ2n) is 7.49. The van der Waals surface area contributed by atoms with E-state index in [1.54, 1.807) is 0 Å². The molecule has 1 unspecified atom stereocenters. The highest BCUT2D eigenvalue weighted by Gasteiger charge is 2.32. The van der Waals surface area contributed by atoms with Gasteiger partial charge in [0.05, 0.1) is 4.91 Å². The number of amides is 1. The molecule has 2 aliphatic heterocycles. The van der Waals surface area contributed by atoms with Crippen molar-refractivity contribution >= 4 is 40.0 Å². The Morgan fingerprint density at radius 3 is 2.39 bits per heavy atom. The van der Waals surface area contributed by atoms with Crippen molar-refractivity contribution in [2.24, 2.45) is 0 Å². The smallest absolute Gasteiger partial charge is 0.263 e. The van der Waals surface area contributed by atoms with Crippen LogP contribution in [0.15, 0.2) is 95.4 Å². The highest BCUT2D eigenvalue weighted by Crippen LogP contribution is 2.47. The number of ether oxygens (including phenoxy) is 1. The first-order valence-corrected chi connectivity index (χ1v) is 11.2. The van der Waals surface area contributed by atoms with Gasteiger partial charge in [0.2, 0.25) is 0 Å². The standard InChI is InChI=1S/C26H19NO2S2/c1-16-11-13-17(14-12-16)23-19-9-5-6-10-21(19)29-24(18-7-3-2-4-8-18)20(23)15-22-25(28)27-26(30)31-22/h2-15,23H,1H3,(H,27,28,30). The second-order valence-corrected chi connectivity index (χ2v) is 9.21. The zero-order chi connectivity index (χ0) is 21.4. The van der Waals surface area contributed by atoms with Gasteiger partial charge in [-0.2, -0.15) is 0 Å². The van der Waals surface area contributed by atoms with E-state index in [1.165, 1.54) is 17.3 Å². The van der Waals surface area contributed by atoms with Crippen molar-refractivity contribution < 1.29 is 9.53 Å². The Kier molecular flexibility index (Phi) is 5.22. The molecule has 152 valence electrons. The fourth-order valence-corrected chi connectivity index (χ4v) is 4.96. The molecule has 0 aromatic heterocycles. The summed E-state index contributed by atoms with van der Waals surface area (Å²) in [6.07, 6.45) is 1.93. The van der Waals surface area contributed by atoms with Gasteiger partial charge in [0.1, 0.15) is 15.8 Å². The number of fused-ring (bicyclic) bond motifs is 1. The van der Waals surface area contributed by atoms with Gasteiger partial charge in [-0.25, -0.2) is 0 Å². The zero-order valence-corrected chi connectivity index (χ0v) is 18.4. The molecule has 3 aromatic rings. The average molecular weight is 442 g/mol. The summed E-state index contributed by atoms with van der Waals surface area (Å²) in [5, 5.41) is 2.72. The quantitative estimate of drug-likeness (QED) is 0.402. The molecule has 3 aromatic carbocycles. The van der Waals surface area contributed by atoms with Gasteiger partial charge < -0.3 is 10.1 Å². The SMILES string of the molecule is Cc1ccc(C2C(C=C3SC(=S)NC3=O)=C(c3ccccc3)Oc3ccccc32)cc1. The number of thioether (sulfide) groups is 1. The fourth-order valence-electron chi connectivity index (χ4n) is 3.92. The number of hydrogen-bond acceptors (Lipinski definition) is 4. The van der Waals surface area contributed by atoms with Crippen LogP contribution < -0.4 is 10.1 Å². The van der Waals surface area contributed by atoms with Crippen molar-refractivity contribution in [3.63, 3.8) is 0 Å². The Bertz CT molecular complexity index is 1240. The number of aryl methyl sites for hydroxylation is 1. The molecule has 1 atom stereocenters. The van der Waals surface area contributed by atoms with Crippen molar-refractivity contribution in [2.45, 2.75) is 12.8 Å². The lowest BCUT2D eigenvalue weighted by atomic mass is 9.81. The molecule has 2 heterocycles. The summed E-state index contributed by atoms with van der Waals surface area (Å²) in [6.45, 7) is 2.08. The Morgan fingerprint density at radius 1 is 0.968 bits per heavy atom. The van der Waals surface area contributed by atoms with E-state index >= 15 is 0 Å². The fraction of sp³-hybridized carbons (Fsp3) is 0.0769. The molecule has 1 fully saturated rings. The molecule has 31 heavy (non-hydrogen) atoms. The van der Waals surface area contributed by atoms with Crippen LogP contribution in [0.3, 0.4) is 0 Å². The summed E-state index contributed by atoms with van der Waals surface area (Å²) in [6, 6.07) is 26.6. The van der Waals surface area contributed by atoms with Gasteiger partial charge in [-0.1, -0.05) is 102 Å². The van der Waals surface area contributed by atoms with Crippen LogP contribution in [0.2, 0.25) is 0 Å². The van der Waals surface area contributed by atoms with Gasteiger partial charge in [0.25, 0.3) is 5.91 Å². The van der Waals surface area contributed by atoms with Gasteiger partial charge in [-0.05, 0) is 24.6 Å². The van der Waals surface area contributed by atoms with Crippen LogP contribution >= 0.6 is 24.0 Å². The van der Waals surface area contributed by atoms with Crippen molar-refractivity contribution in [1.29, 1.82) is 0 Å². The minimum Gasteiger partial charge on any atom is -0.456 e. The number of benzene rings is 3. The predicted octanol–water partition coefficient (Wildman–Crippen LogP) is 5.96. The monoisotopic (exact) mass is 441 g/mol. The molecule has 0 bridgehead atoms. The maximum atomic E-state index is 12.5. The Balaban J connectivity index is 1.78. The molecule has 2 aliphatic rings. The first-order chi connectivity index (χ1) is 15.1. The van der Waals surface area contributed by atoms with Crippen LogP contribution in [-0.4, -0.2) is 10.2 Å². The Labute approximate surface area is 190 Å². The molecule has 0 aliphatic carbocycles. The van der Waals surface area contributed by atoms with E-state index in [0.29, 0.717) is 9.23 Å². The molecule has 1 amide bonds. The van der Waals surface area contributed by atoms with Gasteiger partial charge in [-0.3, -0.25) is 4.79 Å². The van der Waals surface area contributed by atoms with E-state index in [1.807, 2.05) is 54.6 Å². The summed E-state index contributed by atoms with van der Waals surface area (Å²) >= 11 is 6.49. The third-order valence-corrected chi connectivity index (χ3v) is 6.55. The van der Waals surface area contributed by atoms with Crippen LogP contribution in [0, 0.1) is 6.92 Å². The summed E-state index contributed by atoms with van der Waals surface area (Å²) < 4.78 is 6.91. The largest absolute Gasteiger partial charge is 0.456 e. The van der Waals surface area contributed by atoms with Gasteiger partial charge in [0.15, 0.2) is 0 Å². The highest BCUT2D eigenvalue weighted by molar-refractivity contribution is 8.26. The van der Waals surface area contributed by atoms with Crippen LogP contribution in [0.4, 0.5) is 0 Å². The van der Waals surface area contributed by atoms with Gasteiger partial charge >= 0.3 is 0 Å². The Morgan fingerprint density at radius 2 is 1.68 bits per heavy atom. The molecule has 5 heteroatoms. The van der Waals surface area contributed by atoms with Gasteiger partial charge in [-0.15, -0.1) is 0 Å². The number of para-hydroxylation sites is 1. The van der Waals surface area contributed by atoms with Crippen molar-refractivity contribution in [2.75, 3.05) is 0 Å². The molecular weight excluding hydrogens is 422 g/mol. The minimum absolute atomic E-state index is 0.0733. The van der Waals surface area contributed by atoms with E-state index in [2.05, 4.69) is 42.6 Å². The molecule has 3 nitrogen and oxygen atoms in total. The van der Waals surface area contributed by atoms with E-state index < -0.39 is 0 Å². The lowest BCUT2D eigenvalue weighted by Gasteiger charge is -2.30. The first-order valence-electron chi connectivity index (χ1n) is 9.98.